The van der Waals surface area contributed by atoms with Gasteiger partial charge in [0.25, 0.3) is 5.91 Å². The number of halogens is 1. The van der Waals surface area contributed by atoms with Crippen LogP contribution in [0.3, 0.4) is 0 Å². The lowest BCUT2D eigenvalue weighted by atomic mass is 10.2. The Morgan fingerprint density at radius 2 is 1.92 bits per heavy atom. The van der Waals surface area contributed by atoms with Crippen molar-refractivity contribution in [3.63, 3.8) is 0 Å². The number of pyridine rings is 1. The van der Waals surface area contributed by atoms with Crippen molar-refractivity contribution >= 4 is 23.7 Å². The molecule has 1 amide bonds. The number of hydrogen-bond donors (Lipinski definition) is 1. The molecule has 1 aromatic heterocycles. The van der Waals surface area contributed by atoms with Crippen LogP contribution < -0.4 is 10.2 Å². The topological polar surface area (TPSA) is 63.6 Å². The van der Waals surface area contributed by atoms with Crippen molar-refractivity contribution in [1.82, 2.24) is 10.4 Å². The summed E-state index contributed by atoms with van der Waals surface area (Å²) in [5.74, 6) is 0.315. The highest BCUT2D eigenvalue weighted by Crippen LogP contribution is 2.20. The van der Waals surface area contributed by atoms with Gasteiger partial charge in [-0.25, -0.2) is 5.43 Å². The van der Waals surface area contributed by atoms with E-state index in [4.69, 9.17) is 16.3 Å². The molecule has 5 nitrogen and oxygen atoms in total. The zero-order chi connectivity index (χ0) is 18.2. The van der Waals surface area contributed by atoms with Gasteiger partial charge in [0.05, 0.1) is 11.8 Å². The number of carbonyl (C=O) groups excluding carboxylic acids is 1. The fraction of sp³-hybridized carbons (Fsp3) is 0.0500. The van der Waals surface area contributed by atoms with Crippen molar-refractivity contribution in [3.05, 3.63) is 94.8 Å². The summed E-state index contributed by atoms with van der Waals surface area (Å²) in [5, 5.41) is 4.65. The van der Waals surface area contributed by atoms with Gasteiger partial charge in [-0.15, -0.1) is 0 Å². The van der Waals surface area contributed by atoms with Gasteiger partial charge in [-0.1, -0.05) is 41.9 Å². The molecule has 0 spiro atoms. The van der Waals surface area contributed by atoms with Gasteiger partial charge in [-0.2, -0.15) is 5.10 Å². The maximum atomic E-state index is 12.0. The summed E-state index contributed by atoms with van der Waals surface area (Å²) in [6, 6.07) is 18.3. The lowest BCUT2D eigenvalue weighted by Gasteiger charge is -2.10. The molecule has 0 saturated carbocycles. The Hall–Kier alpha value is -3.18. The van der Waals surface area contributed by atoms with Crippen LogP contribution in [0.15, 0.2) is 78.2 Å². The van der Waals surface area contributed by atoms with E-state index in [2.05, 4.69) is 15.5 Å². The van der Waals surface area contributed by atoms with Gasteiger partial charge in [0.1, 0.15) is 12.4 Å². The van der Waals surface area contributed by atoms with Gasteiger partial charge >= 0.3 is 0 Å². The predicted molar refractivity (Wildman–Crippen MR) is 102 cm³/mol. The van der Waals surface area contributed by atoms with E-state index in [9.17, 15) is 4.79 Å². The number of carbonyl (C=O) groups is 1. The van der Waals surface area contributed by atoms with E-state index in [0.29, 0.717) is 22.9 Å². The highest BCUT2D eigenvalue weighted by Gasteiger charge is 2.05. The Kier molecular flexibility index (Phi) is 5.96. The maximum Gasteiger partial charge on any atom is 0.272 e. The number of aromatic nitrogens is 1. The van der Waals surface area contributed by atoms with Crippen molar-refractivity contribution in [2.75, 3.05) is 0 Å². The molecule has 2 aromatic carbocycles. The molecule has 0 aliphatic heterocycles. The Balaban J connectivity index is 1.65. The fourth-order valence-electron chi connectivity index (χ4n) is 2.21. The van der Waals surface area contributed by atoms with Crippen LogP contribution in [-0.4, -0.2) is 17.1 Å². The third-order valence-corrected chi connectivity index (χ3v) is 3.92. The first-order valence-electron chi connectivity index (χ1n) is 7.93. The van der Waals surface area contributed by atoms with Crippen molar-refractivity contribution in [2.45, 2.75) is 6.61 Å². The van der Waals surface area contributed by atoms with E-state index < -0.39 is 0 Å². The molecule has 26 heavy (non-hydrogen) atoms. The minimum absolute atomic E-state index is 0.330. The molecule has 0 unspecified atom stereocenters. The first-order valence-corrected chi connectivity index (χ1v) is 8.30. The summed E-state index contributed by atoms with van der Waals surface area (Å²) in [5.41, 5.74) is 4.55. The number of hydrazone groups is 1. The SMILES string of the molecule is O=C(NN=Cc1ccccc1OCc1ccccc1Cl)c1cccnc1. The van der Waals surface area contributed by atoms with Crippen LogP contribution in [0.25, 0.3) is 0 Å². The van der Waals surface area contributed by atoms with Crippen molar-refractivity contribution in [2.24, 2.45) is 5.10 Å². The second-order valence-corrected chi connectivity index (χ2v) is 5.77. The second-order valence-electron chi connectivity index (χ2n) is 5.36. The van der Waals surface area contributed by atoms with Crippen LogP contribution in [0, 0.1) is 0 Å². The van der Waals surface area contributed by atoms with Crippen molar-refractivity contribution < 1.29 is 9.53 Å². The number of benzene rings is 2. The van der Waals surface area contributed by atoms with Crippen molar-refractivity contribution in [1.29, 1.82) is 0 Å². The van der Waals surface area contributed by atoms with Gasteiger partial charge in [-0.3, -0.25) is 9.78 Å². The third-order valence-electron chi connectivity index (χ3n) is 3.55. The average Bonchev–Trinajstić information content (AvgIpc) is 2.69. The third kappa shape index (κ3) is 4.68. The van der Waals surface area contributed by atoms with Gasteiger partial charge in [0.15, 0.2) is 0 Å². The fourth-order valence-corrected chi connectivity index (χ4v) is 2.40. The molecule has 3 aromatic rings. The number of amides is 1. The second kappa shape index (κ2) is 8.78. The smallest absolute Gasteiger partial charge is 0.272 e. The summed E-state index contributed by atoms with van der Waals surface area (Å²) in [4.78, 5) is 15.9. The molecule has 3 rings (SSSR count). The Bertz CT molecular complexity index is 914. The van der Waals surface area contributed by atoms with Crippen LogP contribution in [-0.2, 0) is 6.61 Å². The lowest BCUT2D eigenvalue weighted by Crippen LogP contribution is -2.17. The van der Waals surface area contributed by atoms with Gasteiger partial charge in [0, 0.05) is 28.5 Å². The van der Waals surface area contributed by atoms with Gasteiger partial charge in [-0.05, 0) is 30.3 Å². The molecule has 0 aliphatic rings. The van der Waals surface area contributed by atoms with E-state index in [0.717, 1.165) is 11.1 Å². The minimum atomic E-state index is -0.330. The molecular weight excluding hydrogens is 350 g/mol. The van der Waals surface area contributed by atoms with E-state index in [1.165, 1.54) is 12.4 Å². The first kappa shape index (κ1) is 17.6. The quantitative estimate of drug-likeness (QED) is 0.529. The summed E-state index contributed by atoms with van der Waals surface area (Å²) in [7, 11) is 0. The number of ether oxygens (including phenoxy) is 1. The molecule has 0 atom stereocenters. The number of para-hydroxylation sites is 1. The number of nitrogens with zero attached hydrogens (tertiary/aromatic N) is 2. The standard InChI is InChI=1S/C20H16ClN3O2/c21-18-9-3-1-7-17(18)14-26-19-10-4-2-6-15(19)13-23-24-20(25)16-8-5-11-22-12-16/h1-13H,14H2,(H,24,25). The first-order chi connectivity index (χ1) is 12.7. The number of nitrogens with one attached hydrogen (secondary N) is 1. The highest BCUT2D eigenvalue weighted by molar-refractivity contribution is 6.31. The Morgan fingerprint density at radius 3 is 2.73 bits per heavy atom. The van der Waals surface area contributed by atoms with Crippen LogP contribution in [0.5, 0.6) is 5.75 Å². The van der Waals surface area contributed by atoms with E-state index in [1.807, 2.05) is 48.5 Å². The normalized spacial score (nSPS) is 10.7. The predicted octanol–water partition coefficient (Wildman–Crippen LogP) is 4.08. The summed E-state index contributed by atoms with van der Waals surface area (Å²) in [6.45, 7) is 0.340. The number of hydrogen-bond acceptors (Lipinski definition) is 4. The zero-order valence-corrected chi connectivity index (χ0v) is 14.6. The van der Waals surface area contributed by atoms with Crippen LogP contribution >= 0.6 is 11.6 Å². The molecule has 0 radical (unpaired) electrons. The summed E-state index contributed by atoms with van der Waals surface area (Å²) < 4.78 is 5.85. The molecule has 0 aliphatic carbocycles. The maximum absolute atomic E-state index is 12.0. The monoisotopic (exact) mass is 365 g/mol. The molecule has 6 heteroatoms. The van der Waals surface area contributed by atoms with E-state index in [-0.39, 0.29) is 5.91 Å². The molecule has 0 bridgehead atoms. The molecular formula is C20H16ClN3O2. The van der Waals surface area contributed by atoms with Crippen LogP contribution in [0.4, 0.5) is 0 Å². The summed E-state index contributed by atoms with van der Waals surface area (Å²) in [6.07, 6.45) is 4.62. The van der Waals surface area contributed by atoms with E-state index >= 15 is 0 Å². The number of rotatable bonds is 6. The molecule has 1 N–H and O–H groups in total. The average molecular weight is 366 g/mol. The van der Waals surface area contributed by atoms with Crippen LogP contribution in [0.1, 0.15) is 21.5 Å². The molecule has 0 fully saturated rings. The Labute approximate surface area is 156 Å². The van der Waals surface area contributed by atoms with Crippen molar-refractivity contribution in [3.8, 4) is 5.75 Å². The Morgan fingerprint density at radius 1 is 1.12 bits per heavy atom. The molecule has 130 valence electrons. The molecule has 0 saturated heterocycles. The lowest BCUT2D eigenvalue weighted by molar-refractivity contribution is 0.0954. The van der Waals surface area contributed by atoms with Gasteiger partial charge in [0.2, 0.25) is 0 Å². The van der Waals surface area contributed by atoms with E-state index in [1.54, 1.807) is 18.3 Å². The highest BCUT2D eigenvalue weighted by atomic mass is 35.5. The minimum Gasteiger partial charge on any atom is -0.488 e. The van der Waals surface area contributed by atoms with Gasteiger partial charge < -0.3 is 4.74 Å². The summed E-state index contributed by atoms with van der Waals surface area (Å²) >= 11 is 6.15. The zero-order valence-electron chi connectivity index (χ0n) is 13.8. The molecule has 1 heterocycles. The largest absolute Gasteiger partial charge is 0.488 e. The van der Waals surface area contributed by atoms with Crippen LogP contribution in [0.2, 0.25) is 5.02 Å².